The van der Waals surface area contributed by atoms with Gasteiger partial charge in [-0.15, -0.1) is 24.8 Å². The number of methoxy groups -OCH3 is 1. The summed E-state index contributed by atoms with van der Waals surface area (Å²) in [4.78, 5) is 28.8. The zero-order chi connectivity index (χ0) is 23.0. The standard InChI is InChI=1S/C26H40N4O3.2ClH/c1-33-25(31)11-14-27-12-9-24(10-13-27)26(32)28-17-19-30(20-18-28)29-15-7-23(8-16-29)21-22-5-3-2-4-6-22;;/h2-6,23-24H,7-21H2,1H3;2*1H. The summed E-state index contributed by atoms with van der Waals surface area (Å²) < 4.78 is 4.73. The topological polar surface area (TPSA) is 56.3 Å². The van der Waals surface area contributed by atoms with Crippen LogP contribution in [0.25, 0.3) is 0 Å². The van der Waals surface area contributed by atoms with Crippen LogP contribution in [0, 0.1) is 11.8 Å². The maximum atomic E-state index is 13.1. The summed E-state index contributed by atoms with van der Waals surface area (Å²) in [5, 5.41) is 5.01. The Balaban J connectivity index is 0.00000216. The Morgan fingerprint density at radius 3 is 2.03 bits per heavy atom. The van der Waals surface area contributed by atoms with Crippen molar-refractivity contribution in [2.24, 2.45) is 11.8 Å². The minimum Gasteiger partial charge on any atom is -0.469 e. The summed E-state index contributed by atoms with van der Waals surface area (Å²) in [5.41, 5.74) is 1.46. The minimum absolute atomic E-state index is 0. The molecule has 1 aromatic carbocycles. The SMILES string of the molecule is COC(=O)CCN1CCC(C(=O)N2CCN(N3CCC(Cc4ccccc4)CC3)CC2)CC1.Cl.Cl. The van der Waals surface area contributed by atoms with E-state index in [4.69, 9.17) is 4.74 Å². The largest absolute Gasteiger partial charge is 0.469 e. The highest BCUT2D eigenvalue weighted by Gasteiger charge is 2.32. The molecular formula is C26H42Cl2N4O3. The fourth-order valence-electron chi connectivity index (χ4n) is 5.57. The zero-order valence-electron chi connectivity index (χ0n) is 21.0. The number of hydrogen-bond donors (Lipinski definition) is 0. The molecule has 0 saturated carbocycles. The Bertz CT molecular complexity index is 761. The summed E-state index contributed by atoms with van der Waals surface area (Å²) >= 11 is 0. The Hall–Kier alpha value is -1.38. The first-order valence-corrected chi connectivity index (χ1v) is 12.7. The van der Waals surface area contributed by atoms with Crippen LogP contribution in [-0.2, 0) is 20.7 Å². The number of likely N-dealkylation sites (tertiary alicyclic amines) is 1. The molecule has 4 rings (SSSR count). The van der Waals surface area contributed by atoms with Gasteiger partial charge in [-0.1, -0.05) is 30.3 Å². The number of esters is 1. The number of carbonyl (C=O) groups excluding carboxylic acids is 2. The fourth-order valence-corrected chi connectivity index (χ4v) is 5.57. The summed E-state index contributed by atoms with van der Waals surface area (Å²) in [6.07, 6.45) is 5.93. The normalized spacial score (nSPS) is 21.1. The van der Waals surface area contributed by atoms with Gasteiger partial charge in [0, 0.05) is 51.7 Å². The van der Waals surface area contributed by atoms with Crippen LogP contribution >= 0.6 is 24.8 Å². The van der Waals surface area contributed by atoms with Crippen molar-refractivity contribution >= 4 is 36.7 Å². The van der Waals surface area contributed by atoms with Crippen LogP contribution in [0.4, 0.5) is 0 Å². The van der Waals surface area contributed by atoms with Gasteiger partial charge >= 0.3 is 5.97 Å². The van der Waals surface area contributed by atoms with Crippen molar-refractivity contribution in [1.29, 1.82) is 0 Å². The number of hydrogen-bond acceptors (Lipinski definition) is 6. The van der Waals surface area contributed by atoms with Gasteiger partial charge in [0.25, 0.3) is 0 Å². The van der Waals surface area contributed by atoms with Gasteiger partial charge in [-0.2, -0.15) is 0 Å². The second-order valence-corrected chi connectivity index (χ2v) is 9.81. The third-order valence-electron chi connectivity index (χ3n) is 7.72. The van der Waals surface area contributed by atoms with Gasteiger partial charge in [-0.05, 0) is 56.7 Å². The average Bonchev–Trinajstić information content (AvgIpc) is 2.88. The number of ether oxygens (including phenoxy) is 1. The molecule has 3 fully saturated rings. The molecule has 0 N–H and O–H groups in total. The molecule has 9 heteroatoms. The lowest BCUT2D eigenvalue weighted by Crippen LogP contribution is -2.57. The molecule has 0 radical (unpaired) electrons. The van der Waals surface area contributed by atoms with E-state index in [2.05, 4.69) is 50.1 Å². The summed E-state index contributed by atoms with van der Waals surface area (Å²) in [6.45, 7) is 8.37. The summed E-state index contributed by atoms with van der Waals surface area (Å²) in [5.74, 6) is 1.10. The molecule has 0 aliphatic carbocycles. The highest BCUT2D eigenvalue weighted by Crippen LogP contribution is 2.24. The van der Waals surface area contributed by atoms with Crippen LogP contribution < -0.4 is 0 Å². The molecular weight excluding hydrogens is 487 g/mol. The Kier molecular flexibility index (Phi) is 12.8. The molecule has 3 heterocycles. The average molecular weight is 530 g/mol. The first kappa shape index (κ1) is 29.8. The molecule has 3 saturated heterocycles. The lowest BCUT2D eigenvalue weighted by atomic mass is 9.91. The van der Waals surface area contributed by atoms with Crippen LogP contribution in [0.5, 0.6) is 0 Å². The number of piperazine rings is 1. The quantitative estimate of drug-likeness (QED) is 0.506. The lowest BCUT2D eigenvalue weighted by molar-refractivity contribution is -0.144. The van der Waals surface area contributed by atoms with Crippen molar-refractivity contribution in [2.45, 2.75) is 38.5 Å². The van der Waals surface area contributed by atoms with E-state index >= 15 is 0 Å². The molecule has 0 unspecified atom stereocenters. The number of halogens is 2. The third kappa shape index (κ3) is 8.60. The van der Waals surface area contributed by atoms with Gasteiger partial charge in [0.05, 0.1) is 13.5 Å². The van der Waals surface area contributed by atoms with E-state index in [-0.39, 0.29) is 36.7 Å². The smallest absolute Gasteiger partial charge is 0.306 e. The molecule has 0 bridgehead atoms. The highest BCUT2D eigenvalue weighted by molar-refractivity contribution is 5.85. The van der Waals surface area contributed by atoms with Gasteiger partial charge in [0.1, 0.15) is 0 Å². The van der Waals surface area contributed by atoms with Gasteiger partial charge in [0.2, 0.25) is 5.91 Å². The maximum Gasteiger partial charge on any atom is 0.306 e. The Labute approximate surface area is 222 Å². The van der Waals surface area contributed by atoms with Crippen molar-refractivity contribution in [3.8, 4) is 0 Å². The lowest BCUT2D eigenvalue weighted by Gasteiger charge is -2.45. The van der Waals surface area contributed by atoms with E-state index in [0.717, 1.165) is 77.7 Å². The van der Waals surface area contributed by atoms with Gasteiger partial charge in [-0.25, -0.2) is 10.0 Å². The number of nitrogens with zero attached hydrogens (tertiary/aromatic N) is 4. The maximum absolute atomic E-state index is 13.1. The second-order valence-electron chi connectivity index (χ2n) is 9.81. The fraction of sp³-hybridized carbons (Fsp3) is 0.692. The number of amides is 1. The predicted molar refractivity (Wildman–Crippen MR) is 143 cm³/mol. The molecule has 198 valence electrons. The number of benzene rings is 1. The summed E-state index contributed by atoms with van der Waals surface area (Å²) in [6, 6.07) is 10.9. The van der Waals surface area contributed by atoms with E-state index in [1.807, 2.05) is 0 Å². The van der Waals surface area contributed by atoms with Crippen LogP contribution in [0.15, 0.2) is 30.3 Å². The van der Waals surface area contributed by atoms with Crippen molar-refractivity contribution in [2.75, 3.05) is 66.0 Å². The van der Waals surface area contributed by atoms with Crippen LogP contribution in [0.3, 0.4) is 0 Å². The monoisotopic (exact) mass is 528 g/mol. The molecule has 3 aliphatic rings. The van der Waals surface area contributed by atoms with Gasteiger partial charge < -0.3 is 14.5 Å². The van der Waals surface area contributed by atoms with Crippen molar-refractivity contribution in [3.63, 3.8) is 0 Å². The van der Waals surface area contributed by atoms with Gasteiger partial charge in [0.15, 0.2) is 0 Å². The molecule has 7 nitrogen and oxygen atoms in total. The van der Waals surface area contributed by atoms with Crippen LogP contribution in [0.1, 0.15) is 37.7 Å². The molecule has 3 aliphatic heterocycles. The van der Waals surface area contributed by atoms with Crippen molar-refractivity contribution < 1.29 is 14.3 Å². The first-order valence-electron chi connectivity index (χ1n) is 12.7. The molecule has 1 aromatic rings. The number of hydrazine groups is 1. The third-order valence-corrected chi connectivity index (χ3v) is 7.72. The zero-order valence-corrected chi connectivity index (χ0v) is 22.6. The Morgan fingerprint density at radius 2 is 1.43 bits per heavy atom. The number of rotatable bonds is 7. The van der Waals surface area contributed by atoms with E-state index in [9.17, 15) is 9.59 Å². The number of carbonyl (C=O) groups is 2. The van der Waals surface area contributed by atoms with Crippen molar-refractivity contribution in [3.05, 3.63) is 35.9 Å². The van der Waals surface area contributed by atoms with Crippen LogP contribution in [0.2, 0.25) is 0 Å². The molecule has 1 amide bonds. The van der Waals surface area contributed by atoms with E-state index in [0.29, 0.717) is 12.3 Å². The molecule has 0 atom stereocenters. The van der Waals surface area contributed by atoms with Crippen molar-refractivity contribution in [1.82, 2.24) is 19.8 Å². The molecule has 35 heavy (non-hydrogen) atoms. The molecule has 0 aromatic heterocycles. The highest BCUT2D eigenvalue weighted by atomic mass is 35.5. The molecule has 0 spiro atoms. The second kappa shape index (κ2) is 15.0. The van der Waals surface area contributed by atoms with E-state index in [1.165, 1.54) is 31.9 Å². The summed E-state index contributed by atoms with van der Waals surface area (Å²) in [7, 11) is 1.43. The van der Waals surface area contributed by atoms with E-state index < -0.39 is 0 Å². The van der Waals surface area contributed by atoms with Crippen LogP contribution in [-0.4, -0.2) is 97.7 Å². The first-order chi connectivity index (χ1) is 16.1. The van der Waals surface area contributed by atoms with E-state index in [1.54, 1.807) is 0 Å². The van der Waals surface area contributed by atoms with Gasteiger partial charge in [-0.3, -0.25) is 9.59 Å². The Morgan fingerprint density at radius 1 is 0.829 bits per heavy atom. The number of piperidine rings is 2. The predicted octanol–water partition coefficient (Wildman–Crippen LogP) is 3.12. The minimum atomic E-state index is -0.161.